The van der Waals surface area contributed by atoms with Crippen LogP contribution in [0.2, 0.25) is 0 Å². The van der Waals surface area contributed by atoms with Gasteiger partial charge in [-0.25, -0.2) is 9.78 Å². The first-order valence-corrected chi connectivity index (χ1v) is 7.15. The number of benzene rings is 1. The molecule has 7 nitrogen and oxygen atoms in total. The molecule has 0 aliphatic rings. The SMILES string of the molecule is COc1ccc(N=Cc2ccc(O[C@H](C)C(=O)O)c(OC)c2)cn1. The molecule has 0 aliphatic heterocycles. The monoisotopic (exact) mass is 330 g/mol. The molecule has 1 heterocycles. The van der Waals surface area contributed by atoms with Crippen LogP contribution >= 0.6 is 0 Å². The summed E-state index contributed by atoms with van der Waals surface area (Å²) in [6.07, 6.45) is 2.28. The highest BCUT2D eigenvalue weighted by atomic mass is 16.5. The lowest BCUT2D eigenvalue weighted by molar-refractivity contribution is -0.144. The number of hydrogen-bond acceptors (Lipinski definition) is 6. The number of ether oxygens (including phenoxy) is 3. The van der Waals surface area contributed by atoms with E-state index in [4.69, 9.17) is 19.3 Å². The van der Waals surface area contributed by atoms with Gasteiger partial charge in [-0.15, -0.1) is 0 Å². The maximum absolute atomic E-state index is 10.9. The van der Waals surface area contributed by atoms with Crippen LogP contribution in [0, 0.1) is 0 Å². The van der Waals surface area contributed by atoms with Crippen molar-refractivity contribution in [2.75, 3.05) is 14.2 Å². The molecule has 1 atom stereocenters. The molecular formula is C17H18N2O5. The second-order valence-corrected chi connectivity index (χ2v) is 4.83. The van der Waals surface area contributed by atoms with Gasteiger partial charge in [0.2, 0.25) is 5.88 Å². The van der Waals surface area contributed by atoms with E-state index in [1.807, 2.05) is 0 Å². The predicted octanol–water partition coefficient (Wildman–Crippen LogP) is 2.70. The van der Waals surface area contributed by atoms with Crippen molar-refractivity contribution in [1.82, 2.24) is 4.98 Å². The molecule has 24 heavy (non-hydrogen) atoms. The number of aliphatic imine (C=N–C) groups is 1. The second-order valence-electron chi connectivity index (χ2n) is 4.83. The first kappa shape index (κ1) is 17.3. The standard InChI is InChI=1S/C17H18N2O5/c1-11(17(20)21)24-14-6-4-12(8-15(14)22-2)9-18-13-5-7-16(23-3)19-10-13/h4-11H,1-3H3,(H,20,21)/t11-/m1/s1. The van der Waals surface area contributed by atoms with Crippen LogP contribution in [0.3, 0.4) is 0 Å². The predicted molar refractivity (Wildman–Crippen MR) is 88.8 cm³/mol. The minimum atomic E-state index is -1.05. The van der Waals surface area contributed by atoms with Gasteiger partial charge >= 0.3 is 5.97 Å². The van der Waals surface area contributed by atoms with E-state index >= 15 is 0 Å². The van der Waals surface area contributed by atoms with Crippen molar-refractivity contribution in [2.45, 2.75) is 13.0 Å². The zero-order chi connectivity index (χ0) is 17.5. The number of methoxy groups -OCH3 is 2. The Hall–Kier alpha value is -3.09. The Morgan fingerprint density at radius 3 is 2.58 bits per heavy atom. The zero-order valence-corrected chi connectivity index (χ0v) is 13.6. The number of carboxylic acid groups (broad SMARTS) is 1. The van der Waals surface area contributed by atoms with Crippen molar-refractivity contribution in [1.29, 1.82) is 0 Å². The number of hydrogen-bond donors (Lipinski definition) is 1. The lowest BCUT2D eigenvalue weighted by Gasteiger charge is -2.14. The van der Waals surface area contributed by atoms with Gasteiger partial charge in [-0.1, -0.05) is 0 Å². The van der Waals surface area contributed by atoms with Gasteiger partial charge in [0.25, 0.3) is 0 Å². The highest BCUT2D eigenvalue weighted by molar-refractivity contribution is 5.83. The smallest absolute Gasteiger partial charge is 0.344 e. The van der Waals surface area contributed by atoms with Crippen LogP contribution in [0.5, 0.6) is 17.4 Å². The van der Waals surface area contributed by atoms with Crippen molar-refractivity contribution in [3.05, 3.63) is 42.1 Å². The first-order valence-electron chi connectivity index (χ1n) is 7.15. The van der Waals surface area contributed by atoms with Crippen molar-refractivity contribution in [2.24, 2.45) is 4.99 Å². The third-order valence-electron chi connectivity index (χ3n) is 3.13. The van der Waals surface area contributed by atoms with Gasteiger partial charge in [-0.05, 0) is 36.8 Å². The van der Waals surface area contributed by atoms with E-state index in [1.54, 1.807) is 49.9 Å². The van der Waals surface area contributed by atoms with E-state index < -0.39 is 12.1 Å². The molecule has 0 bridgehead atoms. The molecule has 0 spiro atoms. The summed E-state index contributed by atoms with van der Waals surface area (Å²) in [7, 11) is 3.04. The molecular weight excluding hydrogens is 312 g/mol. The fourth-order valence-corrected chi connectivity index (χ4v) is 1.82. The minimum absolute atomic E-state index is 0.357. The van der Waals surface area contributed by atoms with Gasteiger partial charge in [0.15, 0.2) is 17.6 Å². The number of pyridine rings is 1. The van der Waals surface area contributed by atoms with Crippen molar-refractivity contribution in [3.63, 3.8) is 0 Å². The Bertz CT molecular complexity index is 728. The number of nitrogens with zero attached hydrogens (tertiary/aromatic N) is 2. The molecule has 0 fully saturated rings. The van der Waals surface area contributed by atoms with Crippen LogP contribution in [-0.4, -0.2) is 42.6 Å². The molecule has 0 amide bonds. The molecule has 2 rings (SSSR count). The van der Waals surface area contributed by atoms with Crippen LogP contribution in [0.25, 0.3) is 0 Å². The topological polar surface area (TPSA) is 90.2 Å². The largest absolute Gasteiger partial charge is 0.493 e. The molecule has 1 N–H and O–H groups in total. The van der Waals surface area contributed by atoms with Crippen molar-refractivity contribution in [3.8, 4) is 17.4 Å². The highest BCUT2D eigenvalue weighted by Gasteiger charge is 2.15. The summed E-state index contributed by atoms with van der Waals surface area (Å²) < 4.78 is 15.6. The van der Waals surface area contributed by atoms with E-state index in [1.165, 1.54) is 14.0 Å². The molecule has 7 heteroatoms. The summed E-state index contributed by atoms with van der Waals surface area (Å²) in [5.74, 6) is 0.259. The molecule has 2 aromatic rings. The van der Waals surface area contributed by atoms with E-state index in [9.17, 15) is 4.79 Å². The van der Waals surface area contributed by atoms with Crippen LogP contribution in [0.1, 0.15) is 12.5 Å². The Kier molecular flexibility index (Phi) is 5.73. The van der Waals surface area contributed by atoms with Crippen LogP contribution in [0.15, 0.2) is 41.5 Å². The molecule has 0 radical (unpaired) electrons. The third-order valence-corrected chi connectivity index (χ3v) is 3.13. The number of carboxylic acids is 1. The van der Waals surface area contributed by atoms with Gasteiger partial charge in [0.05, 0.1) is 26.1 Å². The van der Waals surface area contributed by atoms with Crippen LogP contribution < -0.4 is 14.2 Å². The number of aliphatic carboxylic acids is 1. The van der Waals surface area contributed by atoms with E-state index in [0.717, 1.165) is 5.56 Å². The lowest BCUT2D eigenvalue weighted by atomic mass is 10.2. The quantitative estimate of drug-likeness (QED) is 0.785. The van der Waals surface area contributed by atoms with Gasteiger partial charge in [-0.3, -0.25) is 4.99 Å². The summed E-state index contributed by atoms with van der Waals surface area (Å²) in [6.45, 7) is 1.45. The Morgan fingerprint density at radius 2 is 2.00 bits per heavy atom. The average molecular weight is 330 g/mol. The number of rotatable bonds is 7. The third kappa shape index (κ3) is 4.45. The summed E-state index contributed by atoms with van der Waals surface area (Å²) in [6, 6.07) is 8.62. The van der Waals surface area contributed by atoms with Crippen LogP contribution in [0.4, 0.5) is 5.69 Å². The highest BCUT2D eigenvalue weighted by Crippen LogP contribution is 2.28. The van der Waals surface area contributed by atoms with Gasteiger partial charge in [0.1, 0.15) is 0 Å². The molecule has 0 saturated heterocycles. The van der Waals surface area contributed by atoms with E-state index in [-0.39, 0.29) is 0 Å². The summed E-state index contributed by atoms with van der Waals surface area (Å²) in [4.78, 5) is 19.3. The van der Waals surface area contributed by atoms with Crippen molar-refractivity contribution < 1.29 is 24.1 Å². The first-order chi connectivity index (χ1) is 11.5. The van der Waals surface area contributed by atoms with E-state index in [2.05, 4.69) is 9.98 Å². The van der Waals surface area contributed by atoms with Gasteiger partial charge in [0, 0.05) is 12.3 Å². The Morgan fingerprint density at radius 1 is 1.21 bits per heavy atom. The second kappa shape index (κ2) is 7.96. The molecule has 1 aromatic heterocycles. The lowest BCUT2D eigenvalue weighted by Crippen LogP contribution is -2.23. The van der Waals surface area contributed by atoms with Crippen molar-refractivity contribution >= 4 is 17.9 Å². The summed E-state index contributed by atoms with van der Waals surface area (Å²) >= 11 is 0. The maximum Gasteiger partial charge on any atom is 0.344 e. The van der Waals surface area contributed by atoms with Gasteiger partial charge in [-0.2, -0.15) is 0 Å². The van der Waals surface area contributed by atoms with Crippen LogP contribution in [-0.2, 0) is 4.79 Å². The number of carbonyl (C=O) groups is 1. The van der Waals surface area contributed by atoms with E-state index in [0.29, 0.717) is 23.1 Å². The zero-order valence-electron chi connectivity index (χ0n) is 13.6. The number of aromatic nitrogens is 1. The fraction of sp³-hybridized carbons (Fsp3) is 0.235. The minimum Gasteiger partial charge on any atom is -0.493 e. The Balaban J connectivity index is 2.16. The maximum atomic E-state index is 10.9. The average Bonchev–Trinajstić information content (AvgIpc) is 2.61. The molecule has 126 valence electrons. The summed E-state index contributed by atoms with van der Waals surface area (Å²) in [5, 5.41) is 8.91. The molecule has 0 saturated carbocycles. The Labute approximate surface area is 139 Å². The molecule has 1 aromatic carbocycles. The van der Waals surface area contributed by atoms with Gasteiger partial charge < -0.3 is 19.3 Å². The molecule has 0 aliphatic carbocycles. The normalized spacial score (nSPS) is 12.0. The fourth-order valence-electron chi connectivity index (χ4n) is 1.82. The molecule has 0 unspecified atom stereocenters. The summed E-state index contributed by atoms with van der Waals surface area (Å²) in [5.41, 5.74) is 1.45.